The van der Waals surface area contributed by atoms with Crippen LogP contribution in [0.5, 0.6) is 0 Å². The van der Waals surface area contributed by atoms with Gasteiger partial charge in [0.1, 0.15) is 5.69 Å². The second kappa shape index (κ2) is 4.44. The van der Waals surface area contributed by atoms with Crippen molar-refractivity contribution in [2.75, 3.05) is 5.32 Å². The molecule has 1 heterocycles. The molecule has 1 fully saturated rings. The van der Waals surface area contributed by atoms with E-state index in [0.717, 1.165) is 25.3 Å². The molecule has 100 valence electrons. The SMILES string of the molecule is CC1(C)CCCC1Nc1ccc(C(F)(F)F)nc1. The molecule has 0 aliphatic heterocycles. The molecule has 0 amide bonds. The standard InChI is InChI=1S/C13H17F3N2/c1-12(2)7-3-4-10(12)18-9-5-6-11(17-8-9)13(14,15)16/h5-6,8,10,18H,3-4,7H2,1-2H3. The second-order valence-corrected chi connectivity index (χ2v) is 5.51. The number of halogens is 3. The van der Waals surface area contributed by atoms with Gasteiger partial charge in [-0.05, 0) is 30.4 Å². The molecule has 1 aromatic rings. The average molecular weight is 258 g/mol. The number of rotatable bonds is 2. The van der Waals surface area contributed by atoms with Gasteiger partial charge in [0, 0.05) is 6.04 Å². The summed E-state index contributed by atoms with van der Waals surface area (Å²) in [7, 11) is 0. The Kier molecular flexibility index (Phi) is 3.25. The van der Waals surface area contributed by atoms with Crippen molar-refractivity contribution in [1.82, 2.24) is 4.98 Å². The minimum absolute atomic E-state index is 0.183. The molecule has 1 aliphatic carbocycles. The second-order valence-electron chi connectivity index (χ2n) is 5.51. The van der Waals surface area contributed by atoms with E-state index in [0.29, 0.717) is 11.7 Å². The molecular weight excluding hydrogens is 241 g/mol. The Morgan fingerprint density at radius 3 is 2.50 bits per heavy atom. The van der Waals surface area contributed by atoms with Gasteiger partial charge in [-0.1, -0.05) is 20.3 Å². The maximum absolute atomic E-state index is 12.4. The summed E-state index contributed by atoms with van der Waals surface area (Å²) in [6, 6.07) is 2.77. The number of aromatic nitrogens is 1. The van der Waals surface area contributed by atoms with Gasteiger partial charge in [0.2, 0.25) is 0 Å². The van der Waals surface area contributed by atoms with Crippen LogP contribution in [0.4, 0.5) is 18.9 Å². The summed E-state index contributed by atoms with van der Waals surface area (Å²) in [5.41, 5.74) is -0.00963. The molecule has 2 nitrogen and oxygen atoms in total. The summed E-state index contributed by atoms with van der Waals surface area (Å²) in [5.74, 6) is 0. The third-order valence-electron chi connectivity index (χ3n) is 3.65. The van der Waals surface area contributed by atoms with Crippen molar-refractivity contribution in [3.8, 4) is 0 Å². The van der Waals surface area contributed by atoms with Gasteiger partial charge in [-0.25, -0.2) is 4.98 Å². The highest BCUT2D eigenvalue weighted by molar-refractivity contribution is 5.43. The molecule has 18 heavy (non-hydrogen) atoms. The highest BCUT2D eigenvalue weighted by Gasteiger charge is 2.35. The van der Waals surface area contributed by atoms with E-state index in [-0.39, 0.29) is 5.41 Å². The summed E-state index contributed by atoms with van der Waals surface area (Å²) in [5, 5.41) is 3.28. The first-order chi connectivity index (χ1) is 8.29. The summed E-state index contributed by atoms with van der Waals surface area (Å²) >= 11 is 0. The van der Waals surface area contributed by atoms with Gasteiger partial charge in [0.25, 0.3) is 0 Å². The average Bonchev–Trinajstić information content (AvgIpc) is 2.58. The monoisotopic (exact) mass is 258 g/mol. The van der Waals surface area contributed by atoms with Crippen molar-refractivity contribution < 1.29 is 13.2 Å². The van der Waals surface area contributed by atoms with Gasteiger partial charge < -0.3 is 5.32 Å². The lowest BCUT2D eigenvalue weighted by molar-refractivity contribution is -0.141. The van der Waals surface area contributed by atoms with Crippen LogP contribution >= 0.6 is 0 Å². The highest BCUT2D eigenvalue weighted by atomic mass is 19.4. The Balaban J connectivity index is 2.07. The molecule has 1 aromatic heterocycles. The number of hydrogen-bond acceptors (Lipinski definition) is 2. The quantitative estimate of drug-likeness (QED) is 0.864. The van der Waals surface area contributed by atoms with Gasteiger partial charge >= 0.3 is 6.18 Å². The zero-order chi connectivity index (χ0) is 13.4. The molecule has 0 saturated heterocycles. The molecule has 1 aliphatic rings. The van der Waals surface area contributed by atoms with Gasteiger partial charge in [-0.15, -0.1) is 0 Å². The molecule has 0 aromatic carbocycles. The van der Waals surface area contributed by atoms with Crippen LogP contribution in [0.3, 0.4) is 0 Å². The number of alkyl halides is 3. The van der Waals surface area contributed by atoms with Crippen LogP contribution in [0.2, 0.25) is 0 Å². The van der Waals surface area contributed by atoms with Crippen molar-refractivity contribution in [2.24, 2.45) is 5.41 Å². The Morgan fingerprint density at radius 2 is 2.06 bits per heavy atom. The number of nitrogens with one attached hydrogen (secondary N) is 1. The molecule has 0 spiro atoms. The number of pyridine rings is 1. The van der Waals surface area contributed by atoms with E-state index < -0.39 is 11.9 Å². The summed E-state index contributed by atoms with van der Waals surface area (Å²) in [6.45, 7) is 4.35. The van der Waals surface area contributed by atoms with E-state index in [1.807, 2.05) is 0 Å². The van der Waals surface area contributed by atoms with Crippen LogP contribution < -0.4 is 5.32 Å². The zero-order valence-electron chi connectivity index (χ0n) is 10.5. The molecule has 0 radical (unpaired) electrons. The molecule has 1 atom stereocenters. The van der Waals surface area contributed by atoms with Crippen molar-refractivity contribution in [2.45, 2.75) is 45.3 Å². The number of anilines is 1. The van der Waals surface area contributed by atoms with Crippen molar-refractivity contribution in [3.63, 3.8) is 0 Å². The van der Waals surface area contributed by atoms with Crippen LogP contribution in [0, 0.1) is 5.41 Å². The van der Waals surface area contributed by atoms with Crippen molar-refractivity contribution in [1.29, 1.82) is 0 Å². The summed E-state index contributed by atoms with van der Waals surface area (Å²) < 4.78 is 37.1. The van der Waals surface area contributed by atoms with Crippen LogP contribution in [-0.4, -0.2) is 11.0 Å². The largest absolute Gasteiger partial charge is 0.433 e. The molecule has 1 N–H and O–H groups in total. The minimum atomic E-state index is -4.37. The third-order valence-corrected chi connectivity index (χ3v) is 3.65. The number of hydrogen-bond donors (Lipinski definition) is 1. The lowest BCUT2D eigenvalue weighted by atomic mass is 9.87. The van der Waals surface area contributed by atoms with Crippen molar-refractivity contribution in [3.05, 3.63) is 24.0 Å². The van der Waals surface area contributed by atoms with Crippen molar-refractivity contribution >= 4 is 5.69 Å². The summed E-state index contributed by atoms with van der Waals surface area (Å²) in [6.07, 6.45) is 0.230. The molecular formula is C13H17F3N2. The Morgan fingerprint density at radius 1 is 1.33 bits per heavy atom. The van der Waals surface area contributed by atoms with Crippen LogP contribution in [0.1, 0.15) is 38.8 Å². The lowest BCUT2D eigenvalue weighted by Gasteiger charge is -2.28. The maximum Gasteiger partial charge on any atom is 0.433 e. The molecule has 2 rings (SSSR count). The van der Waals surface area contributed by atoms with E-state index >= 15 is 0 Å². The first-order valence-corrected chi connectivity index (χ1v) is 6.09. The fraction of sp³-hybridized carbons (Fsp3) is 0.615. The van der Waals surface area contributed by atoms with E-state index in [1.165, 1.54) is 12.3 Å². The fourth-order valence-electron chi connectivity index (χ4n) is 2.44. The first-order valence-electron chi connectivity index (χ1n) is 6.09. The van der Waals surface area contributed by atoms with Gasteiger partial charge in [-0.3, -0.25) is 0 Å². The lowest BCUT2D eigenvalue weighted by Crippen LogP contribution is -2.30. The van der Waals surface area contributed by atoms with Crippen LogP contribution in [0.15, 0.2) is 18.3 Å². The fourth-order valence-corrected chi connectivity index (χ4v) is 2.44. The molecule has 1 saturated carbocycles. The van der Waals surface area contributed by atoms with Gasteiger partial charge in [0.05, 0.1) is 11.9 Å². The molecule has 5 heteroatoms. The van der Waals surface area contributed by atoms with Crippen LogP contribution in [0.25, 0.3) is 0 Å². The van der Waals surface area contributed by atoms with E-state index in [1.54, 1.807) is 0 Å². The summed E-state index contributed by atoms with van der Waals surface area (Å²) in [4.78, 5) is 3.45. The molecule has 1 unspecified atom stereocenters. The predicted molar refractivity (Wildman–Crippen MR) is 64.3 cm³/mol. The molecule has 0 bridgehead atoms. The zero-order valence-corrected chi connectivity index (χ0v) is 10.5. The normalized spacial score (nSPS) is 23.1. The third kappa shape index (κ3) is 2.76. The van der Waals surface area contributed by atoms with Gasteiger partial charge in [0.15, 0.2) is 0 Å². The van der Waals surface area contributed by atoms with E-state index in [4.69, 9.17) is 0 Å². The Bertz CT molecular complexity index is 409. The van der Waals surface area contributed by atoms with Crippen LogP contribution in [-0.2, 0) is 6.18 Å². The minimum Gasteiger partial charge on any atom is -0.381 e. The topological polar surface area (TPSA) is 24.9 Å². The maximum atomic E-state index is 12.4. The van der Waals surface area contributed by atoms with E-state index in [2.05, 4.69) is 24.1 Å². The highest BCUT2D eigenvalue weighted by Crippen LogP contribution is 2.39. The smallest absolute Gasteiger partial charge is 0.381 e. The Labute approximate surface area is 105 Å². The predicted octanol–water partition coefficient (Wildman–Crippen LogP) is 4.09. The first kappa shape index (κ1) is 13.2. The van der Waals surface area contributed by atoms with E-state index in [9.17, 15) is 13.2 Å². The van der Waals surface area contributed by atoms with Gasteiger partial charge in [-0.2, -0.15) is 13.2 Å². The number of nitrogens with zero attached hydrogens (tertiary/aromatic N) is 1. The Hall–Kier alpha value is -1.26.